The lowest BCUT2D eigenvalue weighted by Crippen LogP contribution is -2.38. The van der Waals surface area contributed by atoms with Gasteiger partial charge in [0.15, 0.2) is 0 Å². The number of aryl methyl sites for hydroxylation is 2. The molecule has 0 saturated carbocycles. The van der Waals surface area contributed by atoms with Crippen LogP contribution in [0, 0.1) is 13.8 Å². The fourth-order valence-electron chi connectivity index (χ4n) is 3.52. The molecule has 1 atom stereocenters. The molecule has 3 rings (SSSR count). The maximum Gasteiger partial charge on any atom is 0.305 e. The quantitative estimate of drug-likeness (QED) is 0.897. The second-order valence-corrected chi connectivity index (χ2v) is 7.71. The van der Waals surface area contributed by atoms with Crippen molar-refractivity contribution in [2.75, 3.05) is 6.54 Å². The number of likely N-dealkylation sites (tertiary alicyclic amines) is 1. The van der Waals surface area contributed by atoms with Crippen molar-refractivity contribution in [3.63, 3.8) is 0 Å². The summed E-state index contributed by atoms with van der Waals surface area (Å²) in [6.45, 7) is 8.56. The van der Waals surface area contributed by atoms with Crippen molar-refractivity contribution >= 4 is 11.3 Å². The van der Waals surface area contributed by atoms with Crippen LogP contribution in [0.4, 0.5) is 0 Å². The Bertz CT molecular complexity index is 731. The number of thiazole rings is 1. The first-order valence-electron chi connectivity index (χ1n) is 8.62. The van der Waals surface area contributed by atoms with Crippen molar-refractivity contribution in [2.24, 2.45) is 0 Å². The third kappa shape index (κ3) is 3.59. The maximum absolute atomic E-state index is 12.0. The van der Waals surface area contributed by atoms with E-state index >= 15 is 0 Å². The summed E-state index contributed by atoms with van der Waals surface area (Å²) in [6.07, 6.45) is 5.09. The number of benzene rings is 1. The fraction of sp³-hybridized carbons (Fsp3) is 0.526. The molecular formula is C19H26N2OS. The summed E-state index contributed by atoms with van der Waals surface area (Å²) in [5, 5.41) is 0. The summed E-state index contributed by atoms with van der Waals surface area (Å²) >= 11 is 1.37. The molecule has 1 aliphatic rings. The van der Waals surface area contributed by atoms with Crippen LogP contribution in [0.2, 0.25) is 0 Å². The van der Waals surface area contributed by atoms with Gasteiger partial charge in [0.25, 0.3) is 0 Å². The van der Waals surface area contributed by atoms with Gasteiger partial charge in [0.1, 0.15) is 0 Å². The maximum atomic E-state index is 12.0. The van der Waals surface area contributed by atoms with Gasteiger partial charge in [-0.15, -0.1) is 0 Å². The number of aromatic amines is 1. The van der Waals surface area contributed by atoms with Crippen molar-refractivity contribution in [3.8, 4) is 11.3 Å². The first-order chi connectivity index (χ1) is 11.1. The molecule has 0 amide bonds. The number of aromatic nitrogens is 1. The van der Waals surface area contributed by atoms with Gasteiger partial charge in [-0.1, -0.05) is 36.8 Å². The summed E-state index contributed by atoms with van der Waals surface area (Å²) in [5.41, 5.74) is 4.70. The minimum absolute atomic E-state index is 0.0540. The Balaban J connectivity index is 1.91. The lowest BCUT2D eigenvalue weighted by molar-refractivity contribution is 0.137. The van der Waals surface area contributed by atoms with E-state index in [1.165, 1.54) is 53.0 Å². The van der Waals surface area contributed by atoms with E-state index in [2.05, 4.69) is 48.9 Å². The second kappa shape index (κ2) is 7.02. The fourth-order valence-corrected chi connectivity index (χ4v) is 4.39. The highest BCUT2D eigenvalue weighted by Crippen LogP contribution is 2.29. The molecule has 2 aromatic rings. The van der Waals surface area contributed by atoms with Crippen LogP contribution in [-0.4, -0.2) is 22.5 Å². The van der Waals surface area contributed by atoms with Crippen LogP contribution in [0.1, 0.15) is 48.6 Å². The molecule has 124 valence electrons. The number of hydrogen-bond donors (Lipinski definition) is 1. The summed E-state index contributed by atoms with van der Waals surface area (Å²) in [4.78, 5) is 18.8. The van der Waals surface area contributed by atoms with E-state index in [9.17, 15) is 4.79 Å². The molecule has 1 aromatic heterocycles. The first-order valence-corrected chi connectivity index (χ1v) is 9.43. The number of nitrogens with one attached hydrogen (secondary N) is 1. The van der Waals surface area contributed by atoms with Gasteiger partial charge in [-0.05, 0) is 62.4 Å². The standard InChI is InChI=1S/C19H26N2OS/c1-4-16-7-5-6-10-21(16)12-17-18(20-19(22)23-17)15-9-8-13(2)14(3)11-15/h8-9,11,16H,4-7,10,12H2,1-3H3,(H,20,22). The summed E-state index contributed by atoms with van der Waals surface area (Å²) in [7, 11) is 0. The molecule has 4 heteroatoms. The highest BCUT2D eigenvalue weighted by atomic mass is 32.1. The van der Waals surface area contributed by atoms with E-state index in [-0.39, 0.29) is 4.87 Å². The SMILES string of the molecule is CCC1CCCCN1Cc1sc(=O)[nH]c1-c1ccc(C)c(C)c1. The number of rotatable bonds is 4. The van der Waals surface area contributed by atoms with E-state index in [0.717, 1.165) is 24.3 Å². The monoisotopic (exact) mass is 330 g/mol. The molecule has 0 aliphatic carbocycles. The molecule has 1 N–H and O–H groups in total. The van der Waals surface area contributed by atoms with Gasteiger partial charge >= 0.3 is 4.87 Å². The molecule has 1 aromatic carbocycles. The minimum atomic E-state index is 0.0540. The molecule has 1 aliphatic heterocycles. The van der Waals surface area contributed by atoms with Gasteiger partial charge in [0, 0.05) is 17.5 Å². The first kappa shape index (κ1) is 16.5. The highest BCUT2D eigenvalue weighted by molar-refractivity contribution is 7.09. The number of nitrogens with zero attached hydrogens (tertiary/aromatic N) is 1. The summed E-state index contributed by atoms with van der Waals surface area (Å²) in [5.74, 6) is 0. The van der Waals surface area contributed by atoms with Crippen LogP contribution < -0.4 is 4.87 Å². The lowest BCUT2D eigenvalue weighted by Gasteiger charge is -2.35. The summed E-state index contributed by atoms with van der Waals surface area (Å²) < 4.78 is 0. The Morgan fingerprint density at radius 2 is 2.09 bits per heavy atom. The van der Waals surface area contributed by atoms with Crippen molar-refractivity contribution in [2.45, 2.75) is 59.0 Å². The normalized spacial score (nSPS) is 19.2. The molecule has 1 fully saturated rings. The van der Waals surface area contributed by atoms with Crippen LogP contribution in [0.3, 0.4) is 0 Å². The zero-order valence-corrected chi connectivity index (χ0v) is 15.1. The van der Waals surface area contributed by atoms with E-state index < -0.39 is 0 Å². The Kier molecular flexibility index (Phi) is 5.02. The highest BCUT2D eigenvalue weighted by Gasteiger charge is 2.23. The molecule has 2 heterocycles. The van der Waals surface area contributed by atoms with E-state index in [0.29, 0.717) is 6.04 Å². The Morgan fingerprint density at radius 1 is 1.26 bits per heavy atom. The zero-order valence-electron chi connectivity index (χ0n) is 14.3. The zero-order chi connectivity index (χ0) is 16.4. The molecule has 1 saturated heterocycles. The smallest absolute Gasteiger partial charge is 0.305 e. The topological polar surface area (TPSA) is 36.1 Å². The van der Waals surface area contributed by atoms with Crippen molar-refractivity contribution in [1.29, 1.82) is 0 Å². The van der Waals surface area contributed by atoms with Crippen LogP contribution in [0.15, 0.2) is 23.0 Å². The molecular weight excluding hydrogens is 304 g/mol. The molecule has 3 nitrogen and oxygen atoms in total. The van der Waals surface area contributed by atoms with Crippen molar-refractivity contribution < 1.29 is 0 Å². The van der Waals surface area contributed by atoms with E-state index in [4.69, 9.17) is 0 Å². The van der Waals surface area contributed by atoms with E-state index in [1.54, 1.807) is 0 Å². The predicted octanol–water partition coefficient (Wildman–Crippen LogP) is 4.48. The predicted molar refractivity (Wildman–Crippen MR) is 98.2 cm³/mol. The summed E-state index contributed by atoms with van der Waals surface area (Å²) in [6, 6.07) is 7.11. The Morgan fingerprint density at radius 3 is 2.83 bits per heavy atom. The van der Waals surface area contributed by atoms with Gasteiger partial charge in [-0.3, -0.25) is 9.69 Å². The van der Waals surface area contributed by atoms with Crippen LogP contribution >= 0.6 is 11.3 Å². The molecule has 0 bridgehead atoms. The molecule has 1 unspecified atom stereocenters. The Labute approximate surface area is 142 Å². The van der Waals surface area contributed by atoms with Gasteiger partial charge in [-0.25, -0.2) is 0 Å². The molecule has 0 spiro atoms. The number of piperidine rings is 1. The van der Waals surface area contributed by atoms with Gasteiger partial charge in [0.2, 0.25) is 0 Å². The van der Waals surface area contributed by atoms with E-state index in [1.807, 2.05) is 0 Å². The minimum Gasteiger partial charge on any atom is -0.312 e. The van der Waals surface area contributed by atoms with Crippen LogP contribution in [0.25, 0.3) is 11.3 Å². The lowest BCUT2D eigenvalue weighted by atomic mass is 9.99. The Hall–Kier alpha value is -1.39. The molecule has 0 radical (unpaired) electrons. The van der Waals surface area contributed by atoms with Gasteiger partial charge < -0.3 is 4.98 Å². The largest absolute Gasteiger partial charge is 0.312 e. The van der Waals surface area contributed by atoms with Crippen LogP contribution in [0.5, 0.6) is 0 Å². The average molecular weight is 330 g/mol. The third-order valence-corrected chi connectivity index (χ3v) is 5.95. The van der Waals surface area contributed by atoms with Gasteiger partial charge in [-0.2, -0.15) is 0 Å². The number of H-pyrrole nitrogens is 1. The second-order valence-electron chi connectivity index (χ2n) is 6.64. The number of hydrogen-bond acceptors (Lipinski definition) is 3. The van der Waals surface area contributed by atoms with Crippen LogP contribution in [-0.2, 0) is 6.54 Å². The molecule has 23 heavy (non-hydrogen) atoms. The van der Waals surface area contributed by atoms with Gasteiger partial charge in [0.05, 0.1) is 5.69 Å². The van der Waals surface area contributed by atoms with Crippen molar-refractivity contribution in [3.05, 3.63) is 43.9 Å². The third-order valence-electron chi connectivity index (χ3n) is 5.08. The van der Waals surface area contributed by atoms with Crippen molar-refractivity contribution in [1.82, 2.24) is 9.88 Å². The average Bonchev–Trinajstić information content (AvgIpc) is 2.91.